The molecule has 2 aliphatic heterocycles. The van der Waals surface area contributed by atoms with Crippen molar-refractivity contribution in [2.24, 2.45) is 5.92 Å². The molecule has 2 atom stereocenters. The highest BCUT2D eigenvalue weighted by atomic mass is 16.2. The van der Waals surface area contributed by atoms with Gasteiger partial charge >= 0.3 is 0 Å². The standard InChI is InChI=1S/C16H23N3O/c17-13-6-1-4-12(10-13)5-2-8-19-9-3-7-14-15(19)11-18-16(14)20/h1,4,6,10,14-15H,2-3,5,7-9,11,17H2,(H,18,20). The number of carbonyl (C=O) groups excluding carboxylic acids is 1. The Kier molecular flexibility index (Phi) is 3.92. The second-order valence-corrected chi connectivity index (χ2v) is 5.95. The first-order valence-electron chi connectivity index (χ1n) is 7.60. The van der Waals surface area contributed by atoms with E-state index in [2.05, 4.69) is 22.3 Å². The number of rotatable bonds is 4. The highest BCUT2D eigenvalue weighted by Crippen LogP contribution is 2.27. The predicted molar refractivity (Wildman–Crippen MR) is 80.3 cm³/mol. The largest absolute Gasteiger partial charge is 0.399 e. The van der Waals surface area contributed by atoms with Gasteiger partial charge in [-0.15, -0.1) is 0 Å². The van der Waals surface area contributed by atoms with Crippen LogP contribution in [0.2, 0.25) is 0 Å². The molecule has 2 heterocycles. The van der Waals surface area contributed by atoms with Gasteiger partial charge in [-0.3, -0.25) is 9.69 Å². The van der Waals surface area contributed by atoms with Gasteiger partial charge in [-0.05, 0) is 56.5 Å². The Balaban J connectivity index is 1.52. The van der Waals surface area contributed by atoms with Gasteiger partial charge in [-0.25, -0.2) is 0 Å². The molecular weight excluding hydrogens is 250 g/mol. The summed E-state index contributed by atoms with van der Waals surface area (Å²) >= 11 is 0. The summed E-state index contributed by atoms with van der Waals surface area (Å²) in [4.78, 5) is 14.2. The molecule has 3 N–H and O–H groups in total. The molecule has 0 bridgehead atoms. The fourth-order valence-electron chi connectivity index (χ4n) is 3.55. The van der Waals surface area contributed by atoms with Gasteiger partial charge in [-0.2, -0.15) is 0 Å². The highest BCUT2D eigenvalue weighted by molar-refractivity contribution is 5.82. The van der Waals surface area contributed by atoms with Crippen LogP contribution in [-0.4, -0.2) is 36.5 Å². The molecule has 1 amide bonds. The van der Waals surface area contributed by atoms with Gasteiger partial charge in [0.05, 0.1) is 5.92 Å². The first-order valence-corrected chi connectivity index (χ1v) is 7.60. The minimum Gasteiger partial charge on any atom is -0.399 e. The van der Waals surface area contributed by atoms with Crippen molar-refractivity contribution in [1.82, 2.24) is 10.2 Å². The Hall–Kier alpha value is -1.55. The molecule has 0 aliphatic carbocycles. The number of anilines is 1. The molecular formula is C16H23N3O. The lowest BCUT2D eigenvalue weighted by Crippen LogP contribution is -2.45. The number of nitrogen functional groups attached to an aromatic ring is 1. The van der Waals surface area contributed by atoms with Gasteiger partial charge in [0.25, 0.3) is 0 Å². The van der Waals surface area contributed by atoms with E-state index < -0.39 is 0 Å². The molecule has 108 valence electrons. The summed E-state index contributed by atoms with van der Waals surface area (Å²) in [6, 6.07) is 8.56. The number of nitrogens with two attached hydrogens (primary N) is 1. The van der Waals surface area contributed by atoms with Crippen LogP contribution in [0.1, 0.15) is 24.8 Å². The quantitative estimate of drug-likeness (QED) is 0.816. The first-order chi connectivity index (χ1) is 9.74. The maximum absolute atomic E-state index is 11.7. The lowest BCUT2D eigenvalue weighted by Gasteiger charge is -2.35. The van der Waals surface area contributed by atoms with E-state index in [4.69, 9.17) is 5.73 Å². The Morgan fingerprint density at radius 1 is 1.40 bits per heavy atom. The molecule has 0 spiro atoms. The number of hydrogen-bond donors (Lipinski definition) is 2. The Labute approximate surface area is 120 Å². The van der Waals surface area contributed by atoms with Gasteiger partial charge in [0.2, 0.25) is 5.91 Å². The third-order valence-corrected chi connectivity index (χ3v) is 4.58. The molecule has 20 heavy (non-hydrogen) atoms. The zero-order valence-corrected chi connectivity index (χ0v) is 11.8. The van der Waals surface area contributed by atoms with Crippen molar-refractivity contribution in [2.75, 3.05) is 25.4 Å². The topological polar surface area (TPSA) is 58.4 Å². The van der Waals surface area contributed by atoms with Crippen molar-refractivity contribution in [3.05, 3.63) is 29.8 Å². The van der Waals surface area contributed by atoms with Gasteiger partial charge in [0.15, 0.2) is 0 Å². The summed E-state index contributed by atoms with van der Waals surface area (Å²) in [5, 5.41) is 3.01. The molecule has 0 saturated carbocycles. The fraction of sp³-hybridized carbons (Fsp3) is 0.562. The second-order valence-electron chi connectivity index (χ2n) is 5.95. The van der Waals surface area contributed by atoms with Gasteiger partial charge < -0.3 is 11.1 Å². The van der Waals surface area contributed by atoms with Crippen LogP contribution in [0.25, 0.3) is 0 Å². The molecule has 2 aliphatic rings. The summed E-state index contributed by atoms with van der Waals surface area (Å²) in [5.41, 5.74) is 7.95. The third-order valence-electron chi connectivity index (χ3n) is 4.58. The number of aryl methyl sites for hydroxylation is 1. The second kappa shape index (κ2) is 5.83. The van der Waals surface area contributed by atoms with Crippen LogP contribution in [-0.2, 0) is 11.2 Å². The summed E-state index contributed by atoms with van der Waals surface area (Å²) in [6.45, 7) is 3.04. The minimum atomic E-state index is 0.233. The van der Waals surface area contributed by atoms with Crippen LogP contribution >= 0.6 is 0 Å². The van der Waals surface area contributed by atoms with Crippen molar-refractivity contribution >= 4 is 11.6 Å². The van der Waals surface area contributed by atoms with E-state index in [1.807, 2.05) is 12.1 Å². The van der Waals surface area contributed by atoms with Crippen LogP contribution in [0, 0.1) is 5.92 Å². The van der Waals surface area contributed by atoms with Gasteiger partial charge in [0.1, 0.15) is 0 Å². The number of nitrogens with zero attached hydrogens (tertiary/aromatic N) is 1. The number of piperidine rings is 1. The van der Waals surface area contributed by atoms with Crippen molar-refractivity contribution in [1.29, 1.82) is 0 Å². The van der Waals surface area contributed by atoms with Gasteiger partial charge in [0, 0.05) is 18.3 Å². The molecule has 2 fully saturated rings. The molecule has 4 nitrogen and oxygen atoms in total. The zero-order chi connectivity index (χ0) is 13.9. The third kappa shape index (κ3) is 2.80. The average molecular weight is 273 g/mol. The van der Waals surface area contributed by atoms with E-state index in [1.165, 1.54) is 5.56 Å². The van der Waals surface area contributed by atoms with E-state index in [1.54, 1.807) is 0 Å². The number of amides is 1. The number of nitrogens with one attached hydrogen (secondary N) is 1. The SMILES string of the molecule is Nc1cccc(CCCN2CCCC3C(=O)NCC32)c1. The molecule has 2 unspecified atom stereocenters. The smallest absolute Gasteiger partial charge is 0.224 e. The predicted octanol–water partition coefficient (Wildman–Crippen LogP) is 1.41. The number of carbonyl (C=O) groups is 1. The van der Waals surface area contributed by atoms with Crippen molar-refractivity contribution < 1.29 is 4.79 Å². The molecule has 0 aromatic heterocycles. The van der Waals surface area contributed by atoms with Crippen LogP contribution in [0.5, 0.6) is 0 Å². The molecule has 2 saturated heterocycles. The molecule has 1 aromatic carbocycles. The first kappa shape index (κ1) is 13.4. The normalized spacial score (nSPS) is 26.3. The van der Waals surface area contributed by atoms with Crippen molar-refractivity contribution in [3.63, 3.8) is 0 Å². The number of fused-ring (bicyclic) bond motifs is 1. The summed E-state index contributed by atoms with van der Waals surface area (Å²) < 4.78 is 0. The van der Waals surface area contributed by atoms with Crippen LogP contribution in [0.15, 0.2) is 24.3 Å². The molecule has 1 aromatic rings. The van der Waals surface area contributed by atoms with E-state index in [9.17, 15) is 4.79 Å². The van der Waals surface area contributed by atoms with E-state index in [0.29, 0.717) is 6.04 Å². The number of likely N-dealkylation sites (tertiary alicyclic amines) is 1. The monoisotopic (exact) mass is 273 g/mol. The van der Waals surface area contributed by atoms with Crippen LogP contribution < -0.4 is 11.1 Å². The molecule has 3 rings (SSSR count). The van der Waals surface area contributed by atoms with Gasteiger partial charge in [-0.1, -0.05) is 12.1 Å². The van der Waals surface area contributed by atoms with E-state index in [-0.39, 0.29) is 11.8 Å². The highest BCUT2D eigenvalue weighted by Gasteiger charge is 2.40. The fourth-order valence-corrected chi connectivity index (χ4v) is 3.55. The van der Waals surface area contributed by atoms with Crippen LogP contribution in [0.3, 0.4) is 0 Å². The molecule has 4 heteroatoms. The summed E-state index contributed by atoms with van der Waals surface area (Å²) in [6.07, 6.45) is 4.39. The number of benzene rings is 1. The van der Waals surface area contributed by atoms with Crippen molar-refractivity contribution in [2.45, 2.75) is 31.7 Å². The van der Waals surface area contributed by atoms with E-state index in [0.717, 1.165) is 51.0 Å². The van der Waals surface area contributed by atoms with Crippen LogP contribution in [0.4, 0.5) is 5.69 Å². The maximum Gasteiger partial charge on any atom is 0.224 e. The lowest BCUT2D eigenvalue weighted by molar-refractivity contribution is -0.124. The molecule has 0 radical (unpaired) electrons. The minimum absolute atomic E-state index is 0.233. The number of hydrogen-bond acceptors (Lipinski definition) is 3. The lowest BCUT2D eigenvalue weighted by atomic mass is 9.91. The van der Waals surface area contributed by atoms with E-state index >= 15 is 0 Å². The Morgan fingerprint density at radius 2 is 2.30 bits per heavy atom. The summed E-state index contributed by atoms with van der Waals surface area (Å²) in [5.74, 6) is 0.492. The van der Waals surface area contributed by atoms with Crippen molar-refractivity contribution in [3.8, 4) is 0 Å². The zero-order valence-electron chi connectivity index (χ0n) is 11.8. The average Bonchev–Trinajstić information content (AvgIpc) is 2.82. The maximum atomic E-state index is 11.7. The summed E-state index contributed by atoms with van der Waals surface area (Å²) in [7, 11) is 0. The Bertz CT molecular complexity index is 488. The Morgan fingerprint density at radius 3 is 3.15 bits per heavy atom.